The molecule has 70 valence electrons. The molecule has 1 heterocycles. The summed E-state index contributed by atoms with van der Waals surface area (Å²) in [6.45, 7) is 0.524. The highest BCUT2D eigenvalue weighted by Gasteiger charge is 2.42. The number of phosphoric ester groups is 1. The van der Waals surface area contributed by atoms with Crippen LogP contribution >= 0.6 is 7.82 Å². The molecule has 0 amide bonds. The second kappa shape index (κ2) is 3.11. The normalized spacial score (nSPS) is 47.4. The molecule has 0 aromatic rings. The van der Waals surface area contributed by atoms with Crippen molar-refractivity contribution in [3.05, 3.63) is 0 Å². The van der Waals surface area contributed by atoms with E-state index in [2.05, 4.69) is 0 Å². The second-order valence-corrected chi connectivity index (χ2v) is 4.99. The standard InChI is InChI=1S/C7H13O4P/c1-9-12(8)10-5-6-3-2-4-7(6)11-12/h6-7H,2-5H2,1H3/t6-,7+,12-/m1/s1. The highest BCUT2D eigenvalue weighted by Crippen LogP contribution is 2.56. The minimum Gasteiger partial charge on any atom is -0.290 e. The Balaban J connectivity index is 2.05. The van der Waals surface area contributed by atoms with Gasteiger partial charge in [-0.1, -0.05) is 6.42 Å². The smallest absolute Gasteiger partial charge is 0.290 e. The fourth-order valence-corrected chi connectivity index (χ4v) is 3.05. The van der Waals surface area contributed by atoms with E-state index in [1.54, 1.807) is 0 Å². The first-order valence-corrected chi connectivity index (χ1v) is 5.68. The molecule has 5 heteroatoms. The molecular weight excluding hydrogens is 179 g/mol. The Labute approximate surface area is 71.8 Å². The third-order valence-corrected chi connectivity index (χ3v) is 3.97. The molecule has 2 rings (SSSR count). The quantitative estimate of drug-likeness (QED) is 0.595. The van der Waals surface area contributed by atoms with E-state index >= 15 is 0 Å². The Morgan fingerprint density at radius 3 is 3.08 bits per heavy atom. The summed E-state index contributed by atoms with van der Waals surface area (Å²) in [4.78, 5) is 0. The fourth-order valence-electron chi connectivity index (χ4n) is 1.81. The van der Waals surface area contributed by atoms with E-state index in [1.807, 2.05) is 0 Å². The highest BCUT2D eigenvalue weighted by atomic mass is 31.2. The van der Waals surface area contributed by atoms with Crippen LogP contribution in [0.25, 0.3) is 0 Å². The second-order valence-electron chi connectivity index (χ2n) is 3.26. The maximum atomic E-state index is 11.5. The van der Waals surface area contributed by atoms with Crippen LogP contribution in [0.1, 0.15) is 19.3 Å². The molecule has 2 fully saturated rings. The first-order chi connectivity index (χ1) is 5.73. The molecule has 1 saturated heterocycles. The van der Waals surface area contributed by atoms with Gasteiger partial charge in [0, 0.05) is 13.0 Å². The molecule has 4 nitrogen and oxygen atoms in total. The zero-order chi connectivity index (χ0) is 8.60. The Bertz CT molecular complexity index is 217. The van der Waals surface area contributed by atoms with Gasteiger partial charge in [-0.15, -0.1) is 0 Å². The van der Waals surface area contributed by atoms with E-state index < -0.39 is 7.82 Å². The van der Waals surface area contributed by atoms with Crippen LogP contribution < -0.4 is 0 Å². The van der Waals surface area contributed by atoms with Crippen molar-refractivity contribution in [2.24, 2.45) is 5.92 Å². The molecule has 0 aromatic carbocycles. The van der Waals surface area contributed by atoms with Crippen LogP contribution in [0, 0.1) is 5.92 Å². The van der Waals surface area contributed by atoms with Crippen molar-refractivity contribution in [2.75, 3.05) is 13.7 Å². The third-order valence-electron chi connectivity index (χ3n) is 2.52. The number of phosphoric acid groups is 1. The molecule has 12 heavy (non-hydrogen) atoms. The Morgan fingerprint density at radius 1 is 1.50 bits per heavy atom. The summed E-state index contributed by atoms with van der Waals surface area (Å²) in [5.41, 5.74) is 0. The molecule has 0 aromatic heterocycles. The largest absolute Gasteiger partial charge is 0.474 e. The van der Waals surface area contributed by atoms with Gasteiger partial charge in [-0.05, 0) is 12.8 Å². The van der Waals surface area contributed by atoms with Crippen molar-refractivity contribution in [1.29, 1.82) is 0 Å². The van der Waals surface area contributed by atoms with Crippen molar-refractivity contribution < 1.29 is 18.1 Å². The van der Waals surface area contributed by atoms with E-state index in [-0.39, 0.29) is 6.10 Å². The van der Waals surface area contributed by atoms with Crippen LogP contribution in [0.2, 0.25) is 0 Å². The van der Waals surface area contributed by atoms with Crippen LogP contribution in [-0.2, 0) is 18.1 Å². The van der Waals surface area contributed by atoms with Gasteiger partial charge < -0.3 is 0 Å². The summed E-state index contributed by atoms with van der Waals surface area (Å²) in [7, 11) is -1.81. The van der Waals surface area contributed by atoms with Crippen LogP contribution in [0.5, 0.6) is 0 Å². The zero-order valence-electron chi connectivity index (χ0n) is 7.06. The molecule has 0 N–H and O–H groups in total. The van der Waals surface area contributed by atoms with Crippen LogP contribution in [-0.4, -0.2) is 19.8 Å². The molecule has 0 unspecified atom stereocenters. The van der Waals surface area contributed by atoms with Gasteiger partial charge in [-0.3, -0.25) is 13.6 Å². The van der Waals surface area contributed by atoms with E-state index in [1.165, 1.54) is 7.11 Å². The lowest BCUT2D eigenvalue weighted by molar-refractivity contribution is 0.00891. The van der Waals surface area contributed by atoms with E-state index in [9.17, 15) is 4.57 Å². The van der Waals surface area contributed by atoms with Crippen LogP contribution in [0.3, 0.4) is 0 Å². The summed E-state index contributed by atoms with van der Waals surface area (Å²) in [5.74, 6) is 0.433. The van der Waals surface area contributed by atoms with Gasteiger partial charge in [0.25, 0.3) is 0 Å². The Morgan fingerprint density at radius 2 is 2.33 bits per heavy atom. The average Bonchev–Trinajstić information content (AvgIpc) is 2.51. The molecule has 3 atom stereocenters. The fraction of sp³-hybridized carbons (Fsp3) is 1.00. The van der Waals surface area contributed by atoms with Crippen LogP contribution in [0.15, 0.2) is 0 Å². The number of hydrogen-bond acceptors (Lipinski definition) is 4. The summed E-state index contributed by atoms with van der Waals surface area (Å²) >= 11 is 0. The van der Waals surface area contributed by atoms with Gasteiger partial charge in [0.05, 0.1) is 12.7 Å². The van der Waals surface area contributed by atoms with Gasteiger partial charge in [0.2, 0.25) is 0 Å². The Kier molecular flexibility index (Phi) is 2.25. The van der Waals surface area contributed by atoms with Gasteiger partial charge in [0.1, 0.15) is 0 Å². The van der Waals surface area contributed by atoms with Gasteiger partial charge >= 0.3 is 7.82 Å². The number of rotatable bonds is 1. The van der Waals surface area contributed by atoms with Gasteiger partial charge in [0.15, 0.2) is 0 Å². The maximum Gasteiger partial charge on any atom is 0.474 e. The lowest BCUT2D eigenvalue weighted by Crippen LogP contribution is -2.27. The SMILES string of the molecule is CO[P@]1(=O)OC[C@H]2CCC[C@@H]2O1. The van der Waals surface area contributed by atoms with Crippen LogP contribution in [0.4, 0.5) is 0 Å². The highest BCUT2D eigenvalue weighted by molar-refractivity contribution is 7.48. The van der Waals surface area contributed by atoms with Gasteiger partial charge in [-0.2, -0.15) is 0 Å². The molecule has 0 spiro atoms. The number of fused-ring (bicyclic) bond motifs is 1. The van der Waals surface area contributed by atoms with E-state index in [0.717, 1.165) is 19.3 Å². The average molecular weight is 192 g/mol. The van der Waals surface area contributed by atoms with Crippen molar-refractivity contribution in [1.82, 2.24) is 0 Å². The summed E-state index contributed by atoms with van der Waals surface area (Å²) < 4.78 is 26.5. The topological polar surface area (TPSA) is 44.8 Å². The Hall–Kier alpha value is 0.110. The molecule has 0 radical (unpaired) electrons. The molecule has 1 aliphatic carbocycles. The molecule has 0 bridgehead atoms. The number of hydrogen-bond donors (Lipinski definition) is 0. The third kappa shape index (κ3) is 1.44. The van der Waals surface area contributed by atoms with Crippen molar-refractivity contribution >= 4 is 7.82 Å². The minimum atomic E-state index is -3.16. The van der Waals surface area contributed by atoms with Gasteiger partial charge in [-0.25, -0.2) is 4.57 Å². The minimum absolute atomic E-state index is 0.101. The lowest BCUT2D eigenvalue weighted by Gasteiger charge is -2.30. The predicted octanol–water partition coefficient (Wildman–Crippen LogP) is 1.96. The van der Waals surface area contributed by atoms with E-state index in [4.69, 9.17) is 13.6 Å². The zero-order valence-corrected chi connectivity index (χ0v) is 7.96. The lowest BCUT2D eigenvalue weighted by atomic mass is 10.1. The molecule has 1 saturated carbocycles. The van der Waals surface area contributed by atoms with Crippen molar-refractivity contribution in [3.63, 3.8) is 0 Å². The van der Waals surface area contributed by atoms with E-state index in [0.29, 0.717) is 12.5 Å². The van der Waals surface area contributed by atoms with Crippen molar-refractivity contribution in [2.45, 2.75) is 25.4 Å². The molecule has 1 aliphatic heterocycles. The predicted molar refractivity (Wildman–Crippen MR) is 42.8 cm³/mol. The summed E-state index contributed by atoms with van der Waals surface area (Å²) in [6, 6.07) is 0. The summed E-state index contributed by atoms with van der Waals surface area (Å²) in [5, 5.41) is 0. The monoisotopic (exact) mass is 192 g/mol. The molecular formula is C7H13O4P. The first kappa shape index (κ1) is 8.70. The summed E-state index contributed by atoms with van der Waals surface area (Å²) in [6.07, 6.45) is 3.35. The molecule has 2 aliphatic rings. The first-order valence-electron chi connectivity index (χ1n) is 4.22. The maximum absolute atomic E-state index is 11.5. The van der Waals surface area contributed by atoms with Crippen molar-refractivity contribution in [3.8, 4) is 0 Å².